The number of nitrogens with zero attached hydrogens (tertiary/aromatic N) is 1. The maximum Gasteiger partial charge on any atom is 0.325 e. The largest absolute Gasteiger partial charge is 0.456 e. The van der Waals surface area contributed by atoms with Crippen LogP contribution in [0.25, 0.3) is 0 Å². The van der Waals surface area contributed by atoms with Crippen molar-refractivity contribution in [2.45, 2.75) is 0 Å². The number of nitrogens with one attached hydrogen (secondary N) is 1. The molecule has 1 N–H and O–H groups in total. The summed E-state index contributed by atoms with van der Waals surface area (Å²) >= 11 is 9.02. The summed E-state index contributed by atoms with van der Waals surface area (Å²) in [5.74, 6) is -1.62. The fourth-order valence-corrected chi connectivity index (χ4v) is 2.11. The molecule has 0 radical (unpaired) electrons. The molecule has 0 unspecified atom stereocenters. The first-order valence-electron chi connectivity index (χ1n) is 6.80. The summed E-state index contributed by atoms with van der Waals surface area (Å²) < 4.78 is 5.68. The lowest BCUT2D eigenvalue weighted by Gasteiger charge is -2.06. The minimum atomic E-state index is -0.726. The summed E-state index contributed by atoms with van der Waals surface area (Å²) in [5, 5.41) is 2.70. The Morgan fingerprint density at radius 3 is 2.54 bits per heavy atom. The van der Waals surface area contributed by atoms with E-state index in [1.165, 1.54) is 18.3 Å². The Morgan fingerprint density at radius 2 is 1.88 bits per heavy atom. The maximum absolute atomic E-state index is 11.9. The van der Waals surface area contributed by atoms with Crippen LogP contribution < -0.4 is 5.32 Å². The number of carbonyl (C=O) groups is 3. The minimum absolute atomic E-state index is 0.0845. The van der Waals surface area contributed by atoms with Gasteiger partial charge >= 0.3 is 5.97 Å². The standard InChI is InChI=1S/C16H12BrClN2O4/c17-11-3-1-10(2-4-11)14(21)9-24-15(22)8-20-16(23)13-7-12(18)5-6-19-13/h1-7H,8-9H2,(H,20,23). The third-order valence-electron chi connectivity index (χ3n) is 2.88. The molecule has 0 saturated heterocycles. The molecule has 0 atom stereocenters. The Labute approximate surface area is 151 Å². The average molecular weight is 412 g/mol. The molecule has 0 saturated carbocycles. The van der Waals surface area contributed by atoms with Gasteiger partial charge in [-0.2, -0.15) is 0 Å². The van der Waals surface area contributed by atoms with E-state index >= 15 is 0 Å². The highest BCUT2D eigenvalue weighted by Gasteiger charge is 2.13. The average Bonchev–Trinajstić information content (AvgIpc) is 2.58. The molecule has 124 valence electrons. The number of carbonyl (C=O) groups excluding carboxylic acids is 3. The van der Waals surface area contributed by atoms with Crippen LogP contribution in [-0.4, -0.2) is 35.8 Å². The molecule has 0 aliphatic rings. The smallest absolute Gasteiger partial charge is 0.325 e. The molecular weight excluding hydrogens is 400 g/mol. The van der Waals surface area contributed by atoms with Gasteiger partial charge in [0.15, 0.2) is 12.4 Å². The Kier molecular flexibility index (Phi) is 6.45. The van der Waals surface area contributed by atoms with Crippen molar-refractivity contribution < 1.29 is 19.1 Å². The zero-order valence-corrected chi connectivity index (χ0v) is 14.6. The van der Waals surface area contributed by atoms with Crippen molar-refractivity contribution in [3.8, 4) is 0 Å². The lowest BCUT2D eigenvalue weighted by molar-refractivity contribution is -0.141. The molecule has 0 aliphatic carbocycles. The Morgan fingerprint density at radius 1 is 1.17 bits per heavy atom. The van der Waals surface area contributed by atoms with Crippen molar-refractivity contribution in [2.24, 2.45) is 0 Å². The molecule has 0 bridgehead atoms. The Balaban J connectivity index is 1.78. The van der Waals surface area contributed by atoms with Gasteiger partial charge < -0.3 is 10.1 Å². The number of ketones is 1. The van der Waals surface area contributed by atoms with E-state index < -0.39 is 18.5 Å². The number of amides is 1. The molecule has 0 aliphatic heterocycles. The maximum atomic E-state index is 11.9. The second kappa shape index (κ2) is 8.56. The number of halogens is 2. The SMILES string of the molecule is O=C(CNC(=O)c1cc(Cl)ccn1)OCC(=O)c1ccc(Br)cc1. The normalized spacial score (nSPS) is 10.1. The van der Waals surface area contributed by atoms with E-state index in [9.17, 15) is 14.4 Å². The molecule has 2 rings (SSSR count). The van der Waals surface area contributed by atoms with E-state index in [0.717, 1.165) is 4.47 Å². The third kappa shape index (κ3) is 5.43. The lowest BCUT2D eigenvalue weighted by Crippen LogP contribution is -2.32. The summed E-state index contributed by atoms with van der Waals surface area (Å²) in [6.07, 6.45) is 1.38. The highest BCUT2D eigenvalue weighted by atomic mass is 79.9. The van der Waals surface area contributed by atoms with Crippen LogP contribution in [0.2, 0.25) is 5.02 Å². The van der Waals surface area contributed by atoms with Gasteiger partial charge in [-0.05, 0) is 24.3 Å². The Hall–Kier alpha value is -2.25. The fraction of sp³-hybridized carbons (Fsp3) is 0.125. The molecule has 1 aromatic carbocycles. The third-order valence-corrected chi connectivity index (χ3v) is 3.64. The van der Waals surface area contributed by atoms with Crippen LogP contribution in [0.4, 0.5) is 0 Å². The van der Waals surface area contributed by atoms with Crippen molar-refractivity contribution in [2.75, 3.05) is 13.2 Å². The van der Waals surface area contributed by atoms with Gasteiger partial charge in [0, 0.05) is 21.3 Å². The van der Waals surface area contributed by atoms with Gasteiger partial charge in [0.05, 0.1) is 0 Å². The molecule has 8 heteroatoms. The molecule has 0 spiro atoms. The van der Waals surface area contributed by atoms with Crippen molar-refractivity contribution in [3.05, 3.63) is 63.3 Å². The summed E-state index contributed by atoms with van der Waals surface area (Å²) in [6, 6.07) is 9.57. The van der Waals surface area contributed by atoms with Crippen LogP contribution in [0.1, 0.15) is 20.8 Å². The van der Waals surface area contributed by atoms with Gasteiger partial charge in [-0.1, -0.05) is 39.7 Å². The number of ether oxygens (including phenoxy) is 1. The number of Topliss-reactive ketones (excluding diaryl/α,β-unsaturated/α-hetero) is 1. The number of hydrogen-bond acceptors (Lipinski definition) is 5. The van der Waals surface area contributed by atoms with Crippen LogP contribution in [-0.2, 0) is 9.53 Å². The number of pyridine rings is 1. The fourth-order valence-electron chi connectivity index (χ4n) is 1.69. The van der Waals surface area contributed by atoms with E-state index in [2.05, 4.69) is 26.2 Å². The Bertz CT molecular complexity index is 765. The highest BCUT2D eigenvalue weighted by molar-refractivity contribution is 9.10. The van der Waals surface area contributed by atoms with E-state index in [1.54, 1.807) is 24.3 Å². The highest BCUT2D eigenvalue weighted by Crippen LogP contribution is 2.11. The molecule has 1 heterocycles. The topological polar surface area (TPSA) is 85.4 Å². The molecule has 24 heavy (non-hydrogen) atoms. The molecule has 2 aromatic rings. The van der Waals surface area contributed by atoms with Crippen LogP contribution >= 0.6 is 27.5 Å². The molecule has 0 fully saturated rings. The van der Waals surface area contributed by atoms with E-state index in [0.29, 0.717) is 10.6 Å². The summed E-state index contributed by atoms with van der Waals surface area (Å²) in [7, 11) is 0. The van der Waals surface area contributed by atoms with E-state index in [-0.39, 0.29) is 18.0 Å². The first-order chi connectivity index (χ1) is 11.5. The monoisotopic (exact) mass is 410 g/mol. The van der Waals surface area contributed by atoms with Gasteiger partial charge in [-0.15, -0.1) is 0 Å². The lowest BCUT2D eigenvalue weighted by atomic mass is 10.1. The zero-order valence-electron chi connectivity index (χ0n) is 12.3. The van der Waals surface area contributed by atoms with Crippen LogP contribution in [0.15, 0.2) is 47.1 Å². The van der Waals surface area contributed by atoms with Crippen molar-refractivity contribution >= 4 is 45.2 Å². The zero-order chi connectivity index (χ0) is 17.5. The number of rotatable bonds is 6. The number of hydrogen-bond donors (Lipinski definition) is 1. The van der Waals surface area contributed by atoms with E-state index in [1.807, 2.05) is 0 Å². The molecule has 6 nitrogen and oxygen atoms in total. The van der Waals surface area contributed by atoms with Crippen molar-refractivity contribution in [1.29, 1.82) is 0 Å². The second-order valence-electron chi connectivity index (χ2n) is 4.63. The minimum Gasteiger partial charge on any atom is -0.456 e. The van der Waals surface area contributed by atoms with Crippen LogP contribution in [0, 0.1) is 0 Å². The first kappa shape index (κ1) is 18.1. The van der Waals surface area contributed by atoms with Gasteiger partial charge in [-0.3, -0.25) is 19.4 Å². The van der Waals surface area contributed by atoms with Crippen molar-refractivity contribution in [1.82, 2.24) is 10.3 Å². The summed E-state index contributed by atoms with van der Waals surface area (Å²) in [4.78, 5) is 39.1. The molecule has 1 amide bonds. The quantitative estimate of drug-likeness (QED) is 0.583. The summed E-state index contributed by atoms with van der Waals surface area (Å²) in [5.41, 5.74) is 0.513. The number of esters is 1. The second-order valence-corrected chi connectivity index (χ2v) is 5.98. The predicted octanol–water partition coefficient (Wildman–Crippen LogP) is 2.65. The first-order valence-corrected chi connectivity index (χ1v) is 7.97. The molecule has 1 aromatic heterocycles. The number of benzene rings is 1. The van der Waals surface area contributed by atoms with Crippen LogP contribution in [0.3, 0.4) is 0 Å². The van der Waals surface area contributed by atoms with Gasteiger partial charge in [-0.25, -0.2) is 0 Å². The molecular formula is C16H12BrClN2O4. The van der Waals surface area contributed by atoms with Crippen LogP contribution in [0.5, 0.6) is 0 Å². The summed E-state index contributed by atoms with van der Waals surface area (Å²) in [6.45, 7) is -0.771. The number of aromatic nitrogens is 1. The predicted molar refractivity (Wildman–Crippen MR) is 91.0 cm³/mol. The van der Waals surface area contributed by atoms with Gasteiger partial charge in [0.2, 0.25) is 0 Å². The van der Waals surface area contributed by atoms with Gasteiger partial charge in [0.25, 0.3) is 5.91 Å². The van der Waals surface area contributed by atoms with Crippen molar-refractivity contribution in [3.63, 3.8) is 0 Å². The van der Waals surface area contributed by atoms with E-state index in [4.69, 9.17) is 16.3 Å². The van der Waals surface area contributed by atoms with Gasteiger partial charge in [0.1, 0.15) is 12.2 Å².